The molecule has 0 aliphatic rings. The average Bonchev–Trinajstić information content (AvgIpc) is 2.03. The van der Waals surface area contributed by atoms with Crippen LogP contribution in [0.3, 0.4) is 0 Å². The van der Waals surface area contributed by atoms with Crippen LogP contribution in [-0.2, 0) is 14.8 Å². The van der Waals surface area contributed by atoms with Gasteiger partial charge in [-0.1, -0.05) is 26.7 Å². The average molecular weight is 244 g/mol. The Morgan fingerprint density at radius 3 is 2.21 bits per heavy atom. The van der Waals surface area contributed by atoms with E-state index in [2.05, 4.69) is 0 Å². The van der Waals surface area contributed by atoms with E-state index >= 15 is 0 Å². The lowest BCUT2D eigenvalue weighted by Gasteiger charge is -2.04. The van der Waals surface area contributed by atoms with Crippen LogP contribution in [0.5, 0.6) is 0 Å². The van der Waals surface area contributed by atoms with E-state index < -0.39 is 15.9 Å². The molecule has 4 nitrogen and oxygen atoms in total. The fraction of sp³-hybridized carbons (Fsp3) is 0.875. The molecule has 0 aromatic rings. The van der Waals surface area contributed by atoms with Gasteiger partial charge in [0.25, 0.3) is 0 Å². The van der Waals surface area contributed by atoms with E-state index in [0.717, 1.165) is 12.8 Å². The van der Waals surface area contributed by atoms with E-state index in [9.17, 15) is 13.2 Å². The molecule has 0 heterocycles. The Morgan fingerprint density at radius 2 is 1.79 bits per heavy atom. The fourth-order valence-electron chi connectivity index (χ4n) is 0.839. The second-order valence-corrected chi connectivity index (χ2v) is 4.75. The first-order chi connectivity index (χ1) is 6.02. The Labute approximate surface area is 91.9 Å². The Kier molecular flexibility index (Phi) is 9.29. The number of halogens is 1. The number of rotatable bonds is 6. The van der Waals surface area contributed by atoms with Gasteiger partial charge in [-0.05, 0) is 6.42 Å². The van der Waals surface area contributed by atoms with Crippen molar-refractivity contribution in [3.63, 3.8) is 0 Å². The zero-order chi connectivity index (χ0) is 10.3. The highest BCUT2D eigenvalue weighted by Gasteiger charge is 2.11. The molecule has 0 bridgehead atoms. The first-order valence-corrected chi connectivity index (χ1v) is 6.20. The Hall–Kier alpha value is -0.290. The predicted molar refractivity (Wildman–Crippen MR) is 59.0 cm³/mol. The number of sulfonamides is 1. The van der Waals surface area contributed by atoms with Crippen molar-refractivity contribution in [3.8, 4) is 0 Å². The third-order valence-electron chi connectivity index (χ3n) is 1.61. The lowest BCUT2D eigenvalue weighted by atomic mass is 10.3. The van der Waals surface area contributed by atoms with Crippen LogP contribution in [0.1, 0.15) is 39.5 Å². The summed E-state index contributed by atoms with van der Waals surface area (Å²) in [6.07, 6.45) is 2.66. The van der Waals surface area contributed by atoms with Crippen LogP contribution in [0.4, 0.5) is 0 Å². The number of carbonyl (C=O) groups is 1. The molecule has 0 atom stereocenters. The molecule has 0 rings (SSSR count). The third kappa shape index (κ3) is 8.31. The first-order valence-electron chi connectivity index (χ1n) is 4.55. The molecule has 0 saturated carbocycles. The minimum Gasteiger partial charge on any atom is -0.274 e. The van der Waals surface area contributed by atoms with Crippen LogP contribution in [-0.4, -0.2) is 20.1 Å². The molecular formula is C8H18ClNO3S. The van der Waals surface area contributed by atoms with Crippen LogP contribution < -0.4 is 4.72 Å². The van der Waals surface area contributed by atoms with E-state index in [1.807, 2.05) is 11.6 Å². The molecule has 14 heavy (non-hydrogen) atoms. The maximum absolute atomic E-state index is 11.1. The number of hydrogen-bond acceptors (Lipinski definition) is 3. The van der Waals surface area contributed by atoms with Crippen molar-refractivity contribution in [1.29, 1.82) is 0 Å². The third-order valence-corrected chi connectivity index (χ3v) is 2.97. The highest BCUT2D eigenvalue weighted by molar-refractivity contribution is 7.90. The largest absolute Gasteiger partial charge is 0.274 e. The molecule has 0 fully saturated rings. The minimum atomic E-state index is -3.36. The second-order valence-electron chi connectivity index (χ2n) is 2.90. The topological polar surface area (TPSA) is 63.2 Å². The van der Waals surface area contributed by atoms with Crippen molar-refractivity contribution >= 4 is 28.3 Å². The van der Waals surface area contributed by atoms with Crippen LogP contribution >= 0.6 is 12.4 Å². The molecule has 0 aromatic heterocycles. The molecular weight excluding hydrogens is 226 g/mol. The number of carbonyl (C=O) groups excluding carboxylic acids is 1. The summed E-state index contributed by atoms with van der Waals surface area (Å²) >= 11 is 0. The lowest BCUT2D eigenvalue weighted by Crippen LogP contribution is -2.31. The summed E-state index contributed by atoms with van der Waals surface area (Å²) in [6.45, 7) is 3.62. The van der Waals surface area contributed by atoms with E-state index in [1.165, 1.54) is 0 Å². The summed E-state index contributed by atoms with van der Waals surface area (Å²) in [6, 6.07) is 0. The molecule has 0 aromatic carbocycles. The quantitative estimate of drug-likeness (QED) is 0.719. The van der Waals surface area contributed by atoms with Crippen LogP contribution in [0.25, 0.3) is 0 Å². The summed E-state index contributed by atoms with van der Waals surface area (Å²) in [5, 5.41) is 0. The van der Waals surface area contributed by atoms with Gasteiger partial charge in [-0.3, -0.25) is 9.52 Å². The molecule has 0 aliphatic carbocycles. The van der Waals surface area contributed by atoms with Gasteiger partial charge >= 0.3 is 0 Å². The zero-order valence-corrected chi connectivity index (χ0v) is 10.2. The van der Waals surface area contributed by atoms with Gasteiger partial charge in [0.15, 0.2) is 0 Å². The molecule has 1 N–H and O–H groups in total. The number of hydrogen-bond donors (Lipinski definition) is 1. The number of amides is 1. The molecule has 0 spiro atoms. The van der Waals surface area contributed by atoms with Crippen molar-refractivity contribution < 1.29 is 13.2 Å². The fourth-order valence-corrected chi connectivity index (χ4v) is 2.02. The molecule has 0 radical (unpaired) electrons. The Morgan fingerprint density at radius 1 is 1.21 bits per heavy atom. The molecule has 0 unspecified atom stereocenters. The Balaban J connectivity index is 0. The van der Waals surface area contributed by atoms with Gasteiger partial charge < -0.3 is 0 Å². The van der Waals surface area contributed by atoms with Crippen molar-refractivity contribution in [3.05, 3.63) is 0 Å². The minimum absolute atomic E-state index is 0. The summed E-state index contributed by atoms with van der Waals surface area (Å²) in [4.78, 5) is 10.8. The highest BCUT2D eigenvalue weighted by atomic mass is 35.5. The second kappa shape index (κ2) is 8.05. The molecule has 0 saturated heterocycles. The molecule has 6 heteroatoms. The molecule has 86 valence electrons. The highest BCUT2D eigenvalue weighted by Crippen LogP contribution is 1.97. The van der Waals surface area contributed by atoms with Gasteiger partial charge in [0.05, 0.1) is 5.75 Å². The van der Waals surface area contributed by atoms with Gasteiger partial charge in [0, 0.05) is 6.42 Å². The summed E-state index contributed by atoms with van der Waals surface area (Å²) < 4.78 is 24.3. The lowest BCUT2D eigenvalue weighted by molar-refractivity contribution is -0.119. The standard InChI is InChI=1S/C8H17NO3S.ClH/c1-3-5-6-7-13(11,12)9-8(10)4-2;/h3-7H2,1-2H3,(H,9,10);1H. The maximum Gasteiger partial charge on any atom is 0.234 e. The predicted octanol–water partition coefficient (Wildman–Crippen LogP) is 1.45. The van der Waals surface area contributed by atoms with Gasteiger partial charge in [0.1, 0.15) is 0 Å². The van der Waals surface area contributed by atoms with Gasteiger partial charge in [-0.25, -0.2) is 8.42 Å². The van der Waals surface area contributed by atoms with Gasteiger partial charge in [0.2, 0.25) is 15.9 Å². The van der Waals surface area contributed by atoms with Crippen LogP contribution in [0, 0.1) is 0 Å². The first kappa shape index (κ1) is 16.2. The van der Waals surface area contributed by atoms with Gasteiger partial charge in [-0.2, -0.15) is 0 Å². The van der Waals surface area contributed by atoms with Crippen molar-refractivity contribution in [2.75, 3.05) is 5.75 Å². The van der Waals surface area contributed by atoms with E-state index in [0.29, 0.717) is 6.42 Å². The van der Waals surface area contributed by atoms with E-state index in [1.54, 1.807) is 6.92 Å². The van der Waals surface area contributed by atoms with E-state index in [-0.39, 0.29) is 24.6 Å². The zero-order valence-electron chi connectivity index (χ0n) is 8.58. The Bertz CT molecular complexity index is 251. The number of nitrogens with one attached hydrogen (secondary N) is 1. The van der Waals surface area contributed by atoms with Crippen LogP contribution in [0.15, 0.2) is 0 Å². The smallest absolute Gasteiger partial charge is 0.234 e. The number of unbranched alkanes of at least 4 members (excludes halogenated alkanes) is 2. The van der Waals surface area contributed by atoms with Crippen molar-refractivity contribution in [2.24, 2.45) is 0 Å². The SMILES string of the molecule is CCCCCS(=O)(=O)NC(=O)CC.Cl. The van der Waals surface area contributed by atoms with Crippen LogP contribution in [0.2, 0.25) is 0 Å². The summed E-state index contributed by atoms with van der Waals surface area (Å²) in [5.41, 5.74) is 0. The monoisotopic (exact) mass is 243 g/mol. The summed E-state index contributed by atoms with van der Waals surface area (Å²) in [5.74, 6) is -0.386. The van der Waals surface area contributed by atoms with Gasteiger partial charge in [-0.15, -0.1) is 12.4 Å². The van der Waals surface area contributed by atoms with Crippen molar-refractivity contribution in [2.45, 2.75) is 39.5 Å². The van der Waals surface area contributed by atoms with Crippen molar-refractivity contribution in [1.82, 2.24) is 4.72 Å². The normalized spacial score (nSPS) is 10.4. The molecule has 0 aliphatic heterocycles. The summed E-state index contributed by atoms with van der Waals surface area (Å²) in [7, 11) is -3.36. The maximum atomic E-state index is 11.1. The van der Waals surface area contributed by atoms with E-state index in [4.69, 9.17) is 0 Å². The molecule has 1 amide bonds.